The molecule has 10 aromatic rings. The minimum absolute atomic E-state index is 0. The van der Waals surface area contributed by atoms with E-state index >= 15 is 0 Å². The lowest BCUT2D eigenvalue weighted by Gasteiger charge is -2.31. The second kappa shape index (κ2) is 15.0. The highest BCUT2D eigenvalue weighted by Gasteiger charge is 2.51. The van der Waals surface area contributed by atoms with Crippen LogP contribution in [0.25, 0.3) is 89.0 Å². The van der Waals surface area contributed by atoms with Crippen molar-refractivity contribution in [3.8, 4) is 89.0 Å². The average Bonchev–Trinajstić information content (AvgIpc) is 3.81. The number of fused-ring (bicyclic) bond motifs is 10. The molecule has 0 heteroatoms. The van der Waals surface area contributed by atoms with Crippen molar-refractivity contribution in [1.29, 1.82) is 0 Å². The fourth-order valence-corrected chi connectivity index (χ4v) is 10.3. The Morgan fingerprint density at radius 2 is 0.435 bits per heavy atom. The molecule has 0 amide bonds. The molecule has 1 spiro atoms. The molecule has 0 aromatic heterocycles. The van der Waals surface area contributed by atoms with Crippen LogP contribution in [0.15, 0.2) is 243 Å². The molecule has 0 unspecified atom stereocenters. The van der Waals surface area contributed by atoms with Crippen molar-refractivity contribution in [1.82, 2.24) is 0 Å². The van der Waals surface area contributed by atoms with Crippen LogP contribution in [0.2, 0.25) is 0 Å². The zero-order chi connectivity index (χ0) is 40.3. The predicted molar refractivity (Wildman–Crippen MR) is 262 cm³/mol. The third-order valence-electron chi connectivity index (χ3n) is 13.1. The van der Waals surface area contributed by atoms with E-state index in [-0.39, 0.29) is 7.43 Å². The maximum Gasteiger partial charge on any atom is 0.0725 e. The second-order valence-electron chi connectivity index (χ2n) is 16.4. The third kappa shape index (κ3) is 5.91. The first-order valence-corrected chi connectivity index (χ1v) is 21.2. The highest BCUT2D eigenvalue weighted by Crippen LogP contribution is 2.63. The maximum absolute atomic E-state index is 2.49. The molecule has 12 rings (SSSR count). The van der Waals surface area contributed by atoms with Crippen LogP contribution in [0.4, 0.5) is 0 Å². The van der Waals surface area contributed by atoms with Crippen molar-refractivity contribution in [3.05, 3.63) is 265 Å². The molecule has 0 heterocycles. The van der Waals surface area contributed by atoms with E-state index in [1.165, 1.54) is 111 Å². The quantitative estimate of drug-likeness (QED) is 0.157. The lowest BCUT2D eigenvalue weighted by Crippen LogP contribution is -2.26. The number of hydrogen-bond acceptors (Lipinski definition) is 0. The predicted octanol–water partition coefficient (Wildman–Crippen LogP) is 16.7. The molecule has 62 heavy (non-hydrogen) atoms. The Balaban J connectivity index is 0.00000432. The van der Waals surface area contributed by atoms with Gasteiger partial charge in [0.15, 0.2) is 0 Å². The van der Waals surface area contributed by atoms with Crippen molar-refractivity contribution in [2.24, 2.45) is 0 Å². The summed E-state index contributed by atoms with van der Waals surface area (Å²) in [7, 11) is 0. The minimum Gasteiger partial charge on any atom is -0.0776 e. The molecular weight excluding hydrogens is 745 g/mol. The van der Waals surface area contributed by atoms with Gasteiger partial charge in [0.1, 0.15) is 0 Å². The van der Waals surface area contributed by atoms with Crippen LogP contribution >= 0.6 is 0 Å². The Hall–Kier alpha value is -7.80. The standard InChI is InChI=1S/C61H40.CH4/c1-3-15-41(16-4-1)43-19-11-21-45(35-43)47-23-13-25-49(37-47)51-31-33-55-53-27-7-9-29-57(53)61(59(55)39-51)58-30-10-8-28-54(58)56-34-32-52(40-60(56)61)50-26-14-24-48(38-50)46-22-12-20-44(36-46)42-17-5-2-6-18-42;/h1-40H;1H4. The van der Waals surface area contributed by atoms with E-state index in [9.17, 15) is 0 Å². The van der Waals surface area contributed by atoms with E-state index in [1.54, 1.807) is 0 Å². The van der Waals surface area contributed by atoms with Gasteiger partial charge in [0.2, 0.25) is 0 Å². The van der Waals surface area contributed by atoms with Crippen molar-refractivity contribution in [3.63, 3.8) is 0 Å². The first-order chi connectivity index (χ1) is 30.2. The average molecular weight is 789 g/mol. The largest absolute Gasteiger partial charge is 0.0776 e. The normalized spacial score (nSPS) is 12.5. The summed E-state index contributed by atoms with van der Waals surface area (Å²) in [6, 6.07) is 89.8. The van der Waals surface area contributed by atoms with Gasteiger partial charge in [-0.25, -0.2) is 0 Å². The van der Waals surface area contributed by atoms with Gasteiger partial charge in [-0.3, -0.25) is 0 Å². The summed E-state index contributed by atoms with van der Waals surface area (Å²) in [4.78, 5) is 0. The fourth-order valence-electron chi connectivity index (χ4n) is 10.3. The Labute approximate surface area is 365 Å². The lowest BCUT2D eigenvalue weighted by molar-refractivity contribution is 0.794. The number of rotatable bonds is 6. The van der Waals surface area contributed by atoms with Crippen LogP contribution in [0.3, 0.4) is 0 Å². The number of benzene rings is 10. The van der Waals surface area contributed by atoms with Gasteiger partial charge in [0, 0.05) is 0 Å². The SMILES string of the molecule is C.c1ccc(-c2cccc(-c3cccc(-c4ccc5c(c4)C4(c6ccccc6-5)c5ccccc5-c5ccc(-c6cccc(-c7cccc(-c8ccccc8)c7)c6)cc54)c3)c2)cc1. The highest BCUT2D eigenvalue weighted by atomic mass is 14.5. The van der Waals surface area contributed by atoms with Crippen molar-refractivity contribution < 1.29 is 0 Å². The van der Waals surface area contributed by atoms with Crippen LogP contribution in [0.1, 0.15) is 29.7 Å². The van der Waals surface area contributed by atoms with Crippen molar-refractivity contribution in [2.75, 3.05) is 0 Å². The molecule has 0 aliphatic heterocycles. The van der Waals surface area contributed by atoms with Crippen molar-refractivity contribution in [2.45, 2.75) is 12.8 Å². The van der Waals surface area contributed by atoms with E-state index < -0.39 is 5.41 Å². The second-order valence-corrected chi connectivity index (χ2v) is 16.4. The molecule has 10 aromatic carbocycles. The molecule has 0 saturated heterocycles. The van der Waals surface area contributed by atoms with Crippen LogP contribution < -0.4 is 0 Å². The minimum atomic E-state index is -0.465. The Morgan fingerprint density at radius 3 is 0.790 bits per heavy atom. The smallest absolute Gasteiger partial charge is 0.0725 e. The van der Waals surface area contributed by atoms with Crippen LogP contribution in [0.5, 0.6) is 0 Å². The van der Waals surface area contributed by atoms with Gasteiger partial charge in [-0.1, -0.05) is 214 Å². The van der Waals surface area contributed by atoms with E-state index in [4.69, 9.17) is 0 Å². The Kier molecular flexibility index (Phi) is 9.02. The van der Waals surface area contributed by atoms with Gasteiger partial charge in [-0.2, -0.15) is 0 Å². The zero-order valence-corrected chi connectivity index (χ0v) is 33.6. The highest BCUT2D eigenvalue weighted by molar-refractivity contribution is 5.97. The van der Waals surface area contributed by atoms with E-state index in [0.717, 1.165) is 0 Å². The monoisotopic (exact) mass is 788 g/mol. The summed E-state index contributed by atoms with van der Waals surface area (Å²) in [5, 5.41) is 0. The molecule has 292 valence electrons. The van der Waals surface area contributed by atoms with Crippen molar-refractivity contribution >= 4 is 0 Å². The van der Waals surface area contributed by atoms with Gasteiger partial charge in [0.05, 0.1) is 5.41 Å². The topological polar surface area (TPSA) is 0 Å². The summed E-state index contributed by atoms with van der Waals surface area (Å²) in [6.07, 6.45) is 0. The van der Waals surface area contributed by atoms with E-state index in [1.807, 2.05) is 0 Å². The molecule has 0 N–H and O–H groups in total. The Morgan fingerprint density at radius 1 is 0.177 bits per heavy atom. The zero-order valence-electron chi connectivity index (χ0n) is 33.6. The van der Waals surface area contributed by atoms with Gasteiger partial charge >= 0.3 is 0 Å². The summed E-state index contributed by atoms with van der Waals surface area (Å²) in [6.45, 7) is 0. The van der Waals surface area contributed by atoms with Gasteiger partial charge in [-0.05, 0) is 148 Å². The summed E-state index contributed by atoms with van der Waals surface area (Å²) >= 11 is 0. The van der Waals surface area contributed by atoms with Crippen LogP contribution in [-0.2, 0) is 5.41 Å². The summed E-state index contributed by atoms with van der Waals surface area (Å²) in [5.41, 5.74) is 24.8. The molecule has 0 bridgehead atoms. The third-order valence-corrected chi connectivity index (χ3v) is 13.1. The molecule has 2 aliphatic carbocycles. The molecule has 0 saturated carbocycles. The first-order valence-electron chi connectivity index (χ1n) is 21.2. The molecule has 0 nitrogen and oxygen atoms in total. The van der Waals surface area contributed by atoms with Crippen LogP contribution in [0, 0.1) is 0 Å². The molecule has 0 fully saturated rings. The summed E-state index contributed by atoms with van der Waals surface area (Å²) in [5.74, 6) is 0. The molecule has 0 radical (unpaired) electrons. The fraction of sp³-hybridized carbons (Fsp3) is 0.0323. The maximum atomic E-state index is 2.49. The Bertz CT molecular complexity index is 3070. The van der Waals surface area contributed by atoms with E-state index in [0.29, 0.717) is 0 Å². The van der Waals surface area contributed by atoms with Gasteiger partial charge in [0.25, 0.3) is 0 Å². The van der Waals surface area contributed by atoms with Gasteiger partial charge < -0.3 is 0 Å². The van der Waals surface area contributed by atoms with Gasteiger partial charge in [-0.15, -0.1) is 0 Å². The first kappa shape index (κ1) is 37.2. The lowest BCUT2D eigenvalue weighted by atomic mass is 9.70. The number of hydrogen-bond donors (Lipinski definition) is 0. The van der Waals surface area contributed by atoms with E-state index in [2.05, 4.69) is 243 Å². The van der Waals surface area contributed by atoms with Crippen LogP contribution in [-0.4, -0.2) is 0 Å². The molecular formula is C62H44. The molecule has 0 atom stereocenters. The summed E-state index contributed by atoms with van der Waals surface area (Å²) < 4.78 is 0. The molecule has 2 aliphatic rings.